The van der Waals surface area contributed by atoms with Crippen LogP contribution >= 0.6 is 0 Å². The monoisotopic (exact) mass is 486 g/mol. The van der Waals surface area contributed by atoms with Gasteiger partial charge in [-0.25, -0.2) is 0 Å². The van der Waals surface area contributed by atoms with Crippen LogP contribution in [-0.2, 0) is 6.42 Å². The number of piperidine rings is 1. The summed E-state index contributed by atoms with van der Waals surface area (Å²) in [5.74, 6) is 0.600. The summed E-state index contributed by atoms with van der Waals surface area (Å²) in [5.41, 5.74) is 9.23. The van der Waals surface area contributed by atoms with Gasteiger partial charge in [0.15, 0.2) is 0 Å². The van der Waals surface area contributed by atoms with E-state index in [-0.39, 0.29) is 5.91 Å². The maximum atomic E-state index is 13.2. The number of benzene rings is 2. The first kappa shape index (κ1) is 29.2. The minimum atomic E-state index is 0.125. The number of hydrogen-bond donors (Lipinski definition) is 1. The molecular formula is C33H46N2O. The number of nitrogens with one attached hydrogen (secondary N) is 1. The van der Waals surface area contributed by atoms with Gasteiger partial charge < -0.3 is 10.2 Å². The second kappa shape index (κ2) is 14.5. The maximum absolute atomic E-state index is 13.2. The molecule has 1 aliphatic rings. The fourth-order valence-corrected chi connectivity index (χ4v) is 4.68. The molecule has 3 rings (SSSR count). The van der Waals surface area contributed by atoms with Gasteiger partial charge in [0.25, 0.3) is 5.91 Å². The highest BCUT2D eigenvalue weighted by molar-refractivity contribution is 5.95. The Morgan fingerprint density at radius 2 is 1.58 bits per heavy atom. The zero-order chi connectivity index (χ0) is 26.7. The minimum absolute atomic E-state index is 0.125. The van der Waals surface area contributed by atoms with Crippen LogP contribution in [0.15, 0.2) is 78.2 Å². The molecule has 1 fully saturated rings. The van der Waals surface area contributed by atoms with Gasteiger partial charge >= 0.3 is 0 Å². The number of amides is 1. The van der Waals surface area contributed by atoms with E-state index in [1.54, 1.807) is 0 Å². The second-order valence-corrected chi connectivity index (χ2v) is 9.28. The fraction of sp³-hybridized carbons (Fsp3) is 0.424. The van der Waals surface area contributed by atoms with Gasteiger partial charge in [0.1, 0.15) is 0 Å². The predicted molar refractivity (Wildman–Crippen MR) is 156 cm³/mol. The quantitative estimate of drug-likeness (QED) is 0.406. The molecule has 1 saturated heterocycles. The van der Waals surface area contributed by atoms with E-state index in [9.17, 15) is 4.79 Å². The van der Waals surface area contributed by atoms with Crippen molar-refractivity contribution in [2.45, 2.75) is 74.1 Å². The minimum Gasteiger partial charge on any atom is -0.363 e. The van der Waals surface area contributed by atoms with Crippen molar-refractivity contribution in [1.29, 1.82) is 0 Å². The molecule has 0 saturated carbocycles. The van der Waals surface area contributed by atoms with Crippen LogP contribution in [0.2, 0.25) is 0 Å². The molecule has 1 amide bonds. The van der Waals surface area contributed by atoms with Crippen molar-refractivity contribution in [1.82, 2.24) is 10.2 Å². The summed E-state index contributed by atoms with van der Waals surface area (Å²) in [4.78, 5) is 15.2. The molecule has 3 heteroatoms. The van der Waals surface area contributed by atoms with Crippen molar-refractivity contribution in [2.75, 3.05) is 13.1 Å². The van der Waals surface area contributed by atoms with Crippen LogP contribution in [0.1, 0.15) is 94.8 Å². The zero-order valence-corrected chi connectivity index (χ0v) is 23.6. The lowest BCUT2D eigenvalue weighted by Crippen LogP contribution is -2.40. The first-order valence-electron chi connectivity index (χ1n) is 13.7. The van der Waals surface area contributed by atoms with Crippen LogP contribution in [0.5, 0.6) is 0 Å². The van der Waals surface area contributed by atoms with Crippen LogP contribution in [-0.4, -0.2) is 23.9 Å². The van der Waals surface area contributed by atoms with Gasteiger partial charge in [0.05, 0.1) is 0 Å². The van der Waals surface area contributed by atoms with Crippen molar-refractivity contribution in [3.05, 3.63) is 100 Å². The Kier molecular flexibility index (Phi) is 11.7. The highest BCUT2D eigenvalue weighted by Crippen LogP contribution is 2.29. The van der Waals surface area contributed by atoms with E-state index in [4.69, 9.17) is 0 Å². The molecule has 0 bridgehead atoms. The van der Waals surface area contributed by atoms with E-state index in [1.165, 1.54) is 28.1 Å². The topological polar surface area (TPSA) is 32.3 Å². The van der Waals surface area contributed by atoms with Gasteiger partial charge in [-0.1, -0.05) is 82.3 Å². The summed E-state index contributed by atoms with van der Waals surface area (Å²) >= 11 is 0. The number of likely N-dealkylation sites (tertiary alicyclic amines) is 1. The third-order valence-corrected chi connectivity index (χ3v) is 7.15. The van der Waals surface area contributed by atoms with Crippen LogP contribution in [0.4, 0.5) is 0 Å². The number of hydrogen-bond acceptors (Lipinski definition) is 2. The molecule has 3 nitrogen and oxygen atoms in total. The third-order valence-electron chi connectivity index (χ3n) is 7.15. The van der Waals surface area contributed by atoms with Crippen molar-refractivity contribution in [2.24, 2.45) is 5.92 Å². The SMILES string of the molecule is C=C(c1ccc(C(=O)N2CCC(C(N/C(C)=C\C)=C(C)CC)CC2)cc1)c1ccccc1CC.CC. The number of aryl methyl sites for hydroxylation is 1. The standard InChI is InChI=1S/C31H40N2O.C2H6/c1-7-22(4)30(32-23(5)8-2)27-18-20-33(21-19-27)31(34)28-16-14-26(15-17-28)24(6)29-13-11-10-12-25(29)9-3;1-2/h8,10-17,27,32H,6-7,9,18-21H2,1-5H3;1-2H3/b23-8-,30-22?;. The predicted octanol–water partition coefficient (Wildman–Crippen LogP) is 8.39. The van der Waals surface area contributed by atoms with E-state index in [1.807, 2.05) is 43.0 Å². The Labute approximate surface area is 220 Å². The van der Waals surface area contributed by atoms with E-state index < -0.39 is 0 Å². The van der Waals surface area contributed by atoms with E-state index in [0.717, 1.165) is 55.5 Å². The molecule has 0 spiro atoms. The molecule has 2 aromatic carbocycles. The second-order valence-electron chi connectivity index (χ2n) is 9.28. The van der Waals surface area contributed by atoms with Crippen LogP contribution in [0, 0.1) is 5.92 Å². The summed E-state index contributed by atoms with van der Waals surface area (Å²) in [6.07, 6.45) is 6.11. The van der Waals surface area contributed by atoms with Crippen LogP contribution in [0.3, 0.4) is 0 Å². The molecule has 1 heterocycles. The van der Waals surface area contributed by atoms with E-state index in [2.05, 4.69) is 76.9 Å². The lowest BCUT2D eigenvalue weighted by molar-refractivity contribution is 0.0700. The highest BCUT2D eigenvalue weighted by Gasteiger charge is 2.26. The summed E-state index contributed by atoms with van der Waals surface area (Å²) in [6.45, 7) is 20.7. The average molecular weight is 487 g/mol. The lowest BCUT2D eigenvalue weighted by atomic mass is 9.89. The van der Waals surface area contributed by atoms with Crippen molar-refractivity contribution < 1.29 is 4.79 Å². The Hall–Kier alpha value is -3.07. The Morgan fingerprint density at radius 1 is 1.00 bits per heavy atom. The molecule has 1 N–H and O–H groups in total. The Bertz CT molecular complexity index is 1070. The van der Waals surface area contributed by atoms with Crippen LogP contribution < -0.4 is 5.32 Å². The summed E-state index contributed by atoms with van der Waals surface area (Å²) in [7, 11) is 0. The van der Waals surface area contributed by atoms with Gasteiger partial charge in [-0.2, -0.15) is 0 Å². The number of allylic oxidation sites excluding steroid dienone is 4. The van der Waals surface area contributed by atoms with Gasteiger partial charge in [-0.3, -0.25) is 4.79 Å². The fourth-order valence-electron chi connectivity index (χ4n) is 4.68. The smallest absolute Gasteiger partial charge is 0.253 e. The normalized spacial score (nSPS) is 15.0. The first-order chi connectivity index (χ1) is 17.4. The van der Waals surface area contributed by atoms with Gasteiger partial charge in [0.2, 0.25) is 0 Å². The lowest BCUT2D eigenvalue weighted by Gasteiger charge is -2.34. The van der Waals surface area contributed by atoms with Gasteiger partial charge in [-0.15, -0.1) is 0 Å². The zero-order valence-electron chi connectivity index (χ0n) is 23.6. The molecular weight excluding hydrogens is 440 g/mol. The van der Waals surface area contributed by atoms with Crippen molar-refractivity contribution in [3.8, 4) is 0 Å². The molecule has 2 aromatic rings. The summed E-state index contributed by atoms with van der Waals surface area (Å²) < 4.78 is 0. The number of carbonyl (C=O) groups is 1. The van der Waals surface area contributed by atoms with Crippen LogP contribution in [0.25, 0.3) is 5.57 Å². The maximum Gasteiger partial charge on any atom is 0.253 e. The summed E-state index contributed by atoms with van der Waals surface area (Å²) in [5, 5.41) is 3.63. The average Bonchev–Trinajstić information content (AvgIpc) is 2.95. The molecule has 0 aliphatic carbocycles. The van der Waals surface area contributed by atoms with E-state index in [0.29, 0.717) is 5.92 Å². The number of nitrogens with zero attached hydrogens (tertiary/aromatic N) is 1. The van der Waals surface area contributed by atoms with Gasteiger partial charge in [0, 0.05) is 36.0 Å². The third kappa shape index (κ3) is 7.22. The Balaban J connectivity index is 0.00000222. The van der Waals surface area contributed by atoms with Crippen molar-refractivity contribution >= 4 is 11.5 Å². The molecule has 1 aliphatic heterocycles. The molecule has 36 heavy (non-hydrogen) atoms. The van der Waals surface area contributed by atoms with Gasteiger partial charge in [-0.05, 0) is 80.9 Å². The Morgan fingerprint density at radius 3 is 2.14 bits per heavy atom. The number of carbonyl (C=O) groups excluding carboxylic acids is 1. The molecule has 0 unspecified atom stereocenters. The molecule has 194 valence electrons. The molecule has 0 atom stereocenters. The largest absolute Gasteiger partial charge is 0.363 e. The van der Waals surface area contributed by atoms with E-state index >= 15 is 0 Å². The molecule has 0 aromatic heterocycles. The summed E-state index contributed by atoms with van der Waals surface area (Å²) in [6, 6.07) is 16.4. The number of rotatable bonds is 8. The van der Waals surface area contributed by atoms with Crippen molar-refractivity contribution in [3.63, 3.8) is 0 Å². The first-order valence-corrected chi connectivity index (χ1v) is 13.7. The highest BCUT2D eigenvalue weighted by atomic mass is 16.2. The molecule has 0 radical (unpaired) electrons.